The first-order valence-electron chi connectivity index (χ1n) is 6.30. The molecule has 1 rings (SSSR count). The number of hydrogen-bond acceptors (Lipinski definition) is 5. The van der Waals surface area contributed by atoms with Gasteiger partial charge in [-0.2, -0.15) is 4.31 Å². The Morgan fingerprint density at radius 1 is 1.48 bits per heavy atom. The predicted octanol–water partition coefficient (Wildman–Crippen LogP) is 0.816. The quantitative estimate of drug-likeness (QED) is 0.757. The van der Waals surface area contributed by atoms with Crippen LogP contribution in [0.25, 0.3) is 0 Å². The molecule has 0 saturated carbocycles. The van der Waals surface area contributed by atoms with E-state index in [0.29, 0.717) is 17.2 Å². The van der Waals surface area contributed by atoms with E-state index in [9.17, 15) is 13.2 Å². The highest BCUT2D eigenvalue weighted by atomic mass is 35.5. The largest absolute Gasteiger partial charge is 0.356 e. The van der Waals surface area contributed by atoms with Gasteiger partial charge in [0.1, 0.15) is 4.21 Å². The molecule has 1 atom stereocenters. The fourth-order valence-electron chi connectivity index (χ4n) is 1.52. The Kier molecular flexibility index (Phi) is 8.42. The van der Waals surface area contributed by atoms with Crippen LogP contribution < -0.4 is 11.1 Å². The molecule has 0 saturated heterocycles. The number of hydrogen-bond donors (Lipinski definition) is 2. The van der Waals surface area contributed by atoms with E-state index >= 15 is 0 Å². The molecule has 0 aliphatic heterocycles. The van der Waals surface area contributed by atoms with Gasteiger partial charge >= 0.3 is 0 Å². The van der Waals surface area contributed by atoms with E-state index in [-0.39, 0.29) is 30.9 Å². The summed E-state index contributed by atoms with van der Waals surface area (Å²) in [5.41, 5.74) is 5.50. The van der Waals surface area contributed by atoms with Crippen LogP contribution in [0.15, 0.2) is 16.3 Å². The number of thiophene rings is 1. The number of carbonyl (C=O) groups excluding carboxylic acids is 1. The van der Waals surface area contributed by atoms with Gasteiger partial charge in [-0.05, 0) is 25.5 Å². The molecule has 122 valence electrons. The molecular weight excluding hydrogens is 334 g/mol. The first-order valence-corrected chi connectivity index (χ1v) is 8.56. The zero-order valence-electron chi connectivity index (χ0n) is 12.3. The molecule has 1 heterocycles. The highest BCUT2D eigenvalue weighted by Crippen LogP contribution is 2.25. The maximum absolute atomic E-state index is 12.3. The molecule has 0 fully saturated rings. The Balaban J connectivity index is 0.00000400. The van der Waals surface area contributed by atoms with Gasteiger partial charge < -0.3 is 11.1 Å². The number of likely N-dealkylation sites (N-methyl/N-ethyl adjacent to an activating group) is 1. The molecule has 0 aromatic carbocycles. The van der Waals surface area contributed by atoms with E-state index in [1.807, 2.05) is 0 Å². The van der Waals surface area contributed by atoms with Gasteiger partial charge in [0.15, 0.2) is 0 Å². The lowest BCUT2D eigenvalue weighted by molar-refractivity contribution is -0.118. The molecule has 0 aliphatic rings. The second-order valence-electron chi connectivity index (χ2n) is 4.56. The first kappa shape index (κ1) is 20.3. The summed E-state index contributed by atoms with van der Waals surface area (Å²) in [7, 11) is -1.96. The Morgan fingerprint density at radius 2 is 2.10 bits per heavy atom. The molecule has 1 aromatic rings. The number of nitrogens with one attached hydrogen (secondary N) is 1. The van der Waals surface area contributed by atoms with E-state index < -0.39 is 10.0 Å². The van der Waals surface area contributed by atoms with Crippen molar-refractivity contribution in [2.24, 2.45) is 5.73 Å². The Hall–Kier alpha value is -0.670. The fourth-order valence-corrected chi connectivity index (χ4v) is 4.43. The molecule has 1 unspecified atom stereocenters. The Labute approximate surface area is 136 Å². The van der Waals surface area contributed by atoms with Crippen molar-refractivity contribution in [2.75, 3.05) is 20.1 Å². The normalized spacial score (nSPS) is 12.8. The number of rotatable bonds is 7. The molecule has 0 aliphatic carbocycles. The number of amides is 1. The summed E-state index contributed by atoms with van der Waals surface area (Å²) in [6.45, 7) is 4.00. The summed E-state index contributed by atoms with van der Waals surface area (Å²) in [5.74, 6) is -0.0918. The third-order valence-electron chi connectivity index (χ3n) is 2.98. The van der Waals surface area contributed by atoms with Crippen molar-refractivity contribution in [3.05, 3.63) is 17.0 Å². The summed E-state index contributed by atoms with van der Waals surface area (Å²) in [4.78, 5) is 11.7. The molecule has 9 heteroatoms. The average Bonchev–Trinajstić information content (AvgIpc) is 2.86. The van der Waals surface area contributed by atoms with E-state index in [1.54, 1.807) is 19.1 Å². The van der Waals surface area contributed by atoms with Crippen LogP contribution in [0.2, 0.25) is 0 Å². The van der Waals surface area contributed by atoms with Gasteiger partial charge in [-0.3, -0.25) is 4.79 Å². The minimum Gasteiger partial charge on any atom is -0.356 e. The van der Waals surface area contributed by atoms with Gasteiger partial charge in [-0.25, -0.2) is 8.42 Å². The van der Waals surface area contributed by atoms with Gasteiger partial charge in [-0.15, -0.1) is 23.7 Å². The summed E-state index contributed by atoms with van der Waals surface area (Å²) >= 11 is 1.23. The van der Waals surface area contributed by atoms with Crippen LogP contribution in [-0.4, -0.2) is 44.8 Å². The molecule has 0 radical (unpaired) electrons. The number of halogens is 1. The lowest BCUT2D eigenvalue weighted by Gasteiger charge is -2.21. The molecule has 6 nitrogen and oxygen atoms in total. The lowest BCUT2D eigenvalue weighted by Crippen LogP contribution is -2.39. The van der Waals surface area contributed by atoms with Gasteiger partial charge in [-0.1, -0.05) is 0 Å². The molecule has 1 amide bonds. The predicted molar refractivity (Wildman–Crippen MR) is 87.4 cm³/mol. The second-order valence-corrected chi connectivity index (χ2v) is 7.95. The number of nitrogens with two attached hydrogens (primary N) is 1. The van der Waals surface area contributed by atoms with Crippen LogP contribution in [0, 0.1) is 0 Å². The van der Waals surface area contributed by atoms with Crippen LogP contribution in [-0.2, 0) is 21.2 Å². The van der Waals surface area contributed by atoms with Crippen molar-refractivity contribution in [2.45, 2.75) is 30.5 Å². The molecule has 21 heavy (non-hydrogen) atoms. The van der Waals surface area contributed by atoms with Gasteiger partial charge in [0, 0.05) is 38.0 Å². The van der Waals surface area contributed by atoms with Crippen LogP contribution in [0.3, 0.4) is 0 Å². The zero-order valence-corrected chi connectivity index (χ0v) is 14.8. The standard InChI is InChI=1S/C12H21N3O3S2.ClH/c1-9(8-13)15(3)20(17,18)12-5-4-11(19-12)6-7-14-10(2)16;/h4-5,9H,6-8,13H2,1-3H3,(H,14,16);1H. The smallest absolute Gasteiger partial charge is 0.252 e. The highest BCUT2D eigenvalue weighted by molar-refractivity contribution is 7.91. The topological polar surface area (TPSA) is 92.5 Å². The van der Waals surface area contributed by atoms with Crippen molar-refractivity contribution in [1.82, 2.24) is 9.62 Å². The van der Waals surface area contributed by atoms with E-state index in [1.165, 1.54) is 29.6 Å². The first-order chi connectivity index (χ1) is 9.28. The van der Waals surface area contributed by atoms with Crippen molar-refractivity contribution >= 4 is 39.7 Å². The number of nitrogens with zero attached hydrogens (tertiary/aromatic N) is 1. The number of carbonyl (C=O) groups is 1. The minimum atomic E-state index is -3.49. The van der Waals surface area contributed by atoms with E-state index in [2.05, 4.69) is 5.32 Å². The van der Waals surface area contributed by atoms with Gasteiger partial charge in [0.05, 0.1) is 0 Å². The summed E-state index contributed by atoms with van der Waals surface area (Å²) in [6.07, 6.45) is 0.621. The van der Waals surface area contributed by atoms with Crippen LogP contribution in [0.1, 0.15) is 18.7 Å². The average molecular weight is 356 g/mol. The third kappa shape index (κ3) is 5.55. The third-order valence-corrected chi connectivity index (χ3v) is 6.56. The van der Waals surface area contributed by atoms with Crippen LogP contribution >= 0.6 is 23.7 Å². The van der Waals surface area contributed by atoms with Gasteiger partial charge in [0.25, 0.3) is 10.0 Å². The maximum Gasteiger partial charge on any atom is 0.252 e. The summed E-state index contributed by atoms with van der Waals surface area (Å²) < 4.78 is 26.3. The molecule has 3 N–H and O–H groups in total. The SMILES string of the molecule is CC(=O)NCCc1ccc(S(=O)(=O)N(C)C(C)CN)s1.Cl. The summed E-state index contributed by atoms with van der Waals surface area (Å²) in [5, 5.41) is 2.68. The molecule has 0 bridgehead atoms. The highest BCUT2D eigenvalue weighted by Gasteiger charge is 2.26. The second kappa shape index (κ2) is 8.70. The van der Waals surface area contributed by atoms with Crippen molar-refractivity contribution in [3.8, 4) is 0 Å². The fraction of sp³-hybridized carbons (Fsp3) is 0.583. The molecule has 1 aromatic heterocycles. The number of sulfonamides is 1. The van der Waals surface area contributed by atoms with Crippen molar-refractivity contribution < 1.29 is 13.2 Å². The monoisotopic (exact) mass is 355 g/mol. The van der Waals surface area contributed by atoms with Crippen LogP contribution in [0.4, 0.5) is 0 Å². The summed E-state index contributed by atoms with van der Waals surface area (Å²) in [6, 6.07) is 3.13. The Morgan fingerprint density at radius 3 is 2.62 bits per heavy atom. The van der Waals surface area contributed by atoms with Crippen molar-refractivity contribution in [1.29, 1.82) is 0 Å². The minimum absolute atomic E-state index is 0. The molecule has 0 spiro atoms. The lowest BCUT2D eigenvalue weighted by atomic mass is 10.3. The van der Waals surface area contributed by atoms with Crippen LogP contribution in [0.5, 0.6) is 0 Å². The van der Waals surface area contributed by atoms with E-state index in [4.69, 9.17) is 5.73 Å². The zero-order chi connectivity index (χ0) is 15.3. The Bertz CT molecular complexity index is 560. The molecular formula is C12H22ClN3O3S2. The maximum atomic E-state index is 12.3. The van der Waals surface area contributed by atoms with Crippen molar-refractivity contribution in [3.63, 3.8) is 0 Å². The van der Waals surface area contributed by atoms with E-state index in [0.717, 1.165) is 4.88 Å². The van der Waals surface area contributed by atoms with Gasteiger partial charge in [0.2, 0.25) is 5.91 Å².